The highest BCUT2D eigenvalue weighted by Crippen LogP contribution is 2.26. The second-order valence-corrected chi connectivity index (χ2v) is 8.15. The number of sulfonamides is 1. The van der Waals surface area contributed by atoms with E-state index in [1.165, 1.54) is 5.39 Å². The lowest BCUT2D eigenvalue weighted by molar-refractivity contribution is 0.432. The van der Waals surface area contributed by atoms with Crippen LogP contribution in [0.4, 0.5) is 0 Å². The van der Waals surface area contributed by atoms with Gasteiger partial charge < -0.3 is 5.32 Å². The molecule has 0 atom stereocenters. The fourth-order valence-electron chi connectivity index (χ4n) is 3.29. The molecule has 0 unspecified atom stereocenters. The lowest BCUT2D eigenvalue weighted by atomic mass is 10.0. The van der Waals surface area contributed by atoms with Crippen LogP contribution >= 0.6 is 0 Å². The molecule has 24 heavy (non-hydrogen) atoms. The van der Waals surface area contributed by atoms with Crippen molar-refractivity contribution in [3.8, 4) is 0 Å². The monoisotopic (exact) mass is 340 g/mol. The zero-order chi connectivity index (χ0) is 16.6. The first-order valence-corrected chi connectivity index (χ1v) is 9.72. The second kappa shape index (κ2) is 6.16. The van der Waals surface area contributed by atoms with E-state index in [1.807, 2.05) is 18.2 Å². The molecule has 5 heteroatoms. The predicted molar refractivity (Wildman–Crippen MR) is 97.7 cm³/mol. The van der Waals surface area contributed by atoms with E-state index in [0.29, 0.717) is 24.5 Å². The van der Waals surface area contributed by atoms with E-state index in [-0.39, 0.29) is 0 Å². The summed E-state index contributed by atoms with van der Waals surface area (Å²) in [5, 5.41) is 7.56. The summed E-state index contributed by atoms with van der Waals surface area (Å²) in [6.45, 7) is 2.68. The van der Waals surface area contributed by atoms with Crippen LogP contribution < -0.4 is 5.32 Å². The van der Waals surface area contributed by atoms with Crippen LogP contribution in [0.25, 0.3) is 21.5 Å². The molecule has 4 nitrogen and oxygen atoms in total. The topological polar surface area (TPSA) is 49.4 Å². The van der Waals surface area contributed by atoms with Gasteiger partial charge in [0.1, 0.15) is 0 Å². The van der Waals surface area contributed by atoms with Crippen LogP contribution in [0.1, 0.15) is 6.42 Å². The van der Waals surface area contributed by atoms with Gasteiger partial charge in [0.2, 0.25) is 10.0 Å². The molecule has 1 fully saturated rings. The van der Waals surface area contributed by atoms with Crippen LogP contribution in [-0.2, 0) is 10.0 Å². The Morgan fingerprint density at radius 2 is 1.50 bits per heavy atom. The van der Waals surface area contributed by atoms with Crippen molar-refractivity contribution in [2.24, 2.45) is 0 Å². The molecular weight excluding hydrogens is 320 g/mol. The van der Waals surface area contributed by atoms with Crippen LogP contribution in [0.3, 0.4) is 0 Å². The fourth-order valence-corrected chi connectivity index (χ4v) is 4.80. The van der Waals surface area contributed by atoms with E-state index < -0.39 is 10.0 Å². The van der Waals surface area contributed by atoms with Crippen LogP contribution in [0.15, 0.2) is 59.5 Å². The van der Waals surface area contributed by atoms with Crippen molar-refractivity contribution in [3.63, 3.8) is 0 Å². The molecule has 1 aliphatic rings. The average molecular weight is 340 g/mol. The zero-order valence-corrected chi connectivity index (χ0v) is 14.2. The molecule has 1 N–H and O–H groups in total. The normalized spacial score (nSPS) is 17.2. The average Bonchev–Trinajstić information content (AvgIpc) is 2.89. The molecule has 4 rings (SSSR count). The molecule has 0 spiro atoms. The van der Waals surface area contributed by atoms with E-state index in [1.54, 1.807) is 16.4 Å². The van der Waals surface area contributed by atoms with Crippen molar-refractivity contribution >= 4 is 31.6 Å². The maximum absolute atomic E-state index is 12.9. The number of benzene rings is 3. The van der Waals surface area contributed by atoms with Crippen molar-refractivity contribution in [3.05, 3.63) is 54.6 Å². The molecule has 1 saturated heterocycles. The van der Waals surface area contributed by atoms with Crippen molar-refractivity contribution < 1.29 is 8.42 Å². The van der Waals surface area contributed by atoms with Crippen LogP contribution in [0.5, 0.6) is 0 Å². The van der Waals surface area contributed by atoms with Crippen LogP contribution in [0.2, 0.25) is 0 Å². The van der Waals surface area contributed by atoms with Gasteiger partial charge in [0.25, 0.3) is 0 Å². The summed E-state index contributed by atoms with van der Waals surface area (Å²) >= 11 is 0. The standard InChI is InChI=1S/C19H20N2O2S/c22-24(23,21-10-3-8-20-9-11-21)19-7-6-17-12-15-4-1-2-5-16(15)13-18(17)14-19/h1-2,4-7,12-14,20H,3,8-11H2. The third-order valence-corrected chi connectivity index (χ3v) is 6.51. The minimum atomic E-state index is -3.44. The molecule has 3 aromatic rings. The minimum Gasteiger partial charge on any atom is -0.315 e. The molecule has 0 aromatic heterocycles. The molecule has 1 heterocycles. The maximum Gasteiger partial charge on any atom is 0.243 e. The van der Waals surface area contributed by atoms with E-state index in [2.05, 4.69) is 29.6 Å². The highest BCUT2D eigenvalue weighted by Gasteiger charge is 2.25. The third kappa shape index (κ3) is 2.79. The molecular formula is C19H20N2O2S. The Balaban J connectivity index is 1.79. The van der Waals surface area contributed by atoms with Crippen LogP contribution in [0, 0.1) is 0 Å². The number of nitrogens with zero attached hydrogens (tertiary/aromatic N) is 1. The number of fused-ring (bicyclic) bond motifs is 2. The Morgan fingerprint density at radius 1 is 0.792 bits per heavy atom. The molecule has 0 saturated carbocycles. The first-order chi connectivity index (χ1) is 11.6. The largest absolute Gasteiger partial charge is 0.315 e. The van der Waals surface area contributed by atoms with E-state index in [4.69, 9.17) is 0 Å². The van der Waals surface area contributed by atoms with Crippen LogP contribution in [-0.4, -0.2) is 38.9 Å². The van der Waals surface area contributed by atoms with Gasteiger partial charge in [-0.1, -0.05) is 30.3 Å². The summed E-state index contributed by atoms with van der Waals surface area (Å²) in [4.78, 5) is 0.382. The summed E-state index contributed by atoms with van der Waals surface area (Å²) in [6.07, 6.45) is 0.845. The first kappa shape index (κ1) is 15.6. The Kier molecular flexibility index (Phi) is 4.00. The van der Waals surface area contributed by atoms with Gasteiger partial charge in [0, 0.05) is 19.6 Å². The zero-order valence-electron chi connectivity index (χ0n) is 13.4. The van der Waals surface area contributed by atoms with Crippen molar-refractivity contribution in [2.45, 2.75) is 11.3 Å². The number of rotatable bonds is 2. The lowest BCUT2D eigenvalue weighted by Crippen LogP contribution is -2.34. The molecule has 124 valence electrons. The summed E-state index contributed by atoms with van der Waals surface area (Å²) in [7, 11) is -3.44. The van der Waals surface area contributed by atoms with Gasteiger partial charge in [-0.15, -0.1) is 0 Å². The molecule has 0 aliphatic carbocycles. The first-order valence-electron chi connectivity index (χ1n) is 8.28. The van der Waals surface area contributed by atoms with Crippen molar-refractivity contribution in [1.29, 1.82) is 0 Å². The summed E-state index contributed by atoms with van der Waals surface area (Å²) in [6, 6.07) is 17.7. The highest BCUT2D eigenvalue weighted by molar-refractivity contribution is 7.89. The fraction of sp³-hybridized carbons (Fsp3) is 0.263. The van der Waals surface area contributed by atoms with Gasteiger partial charge in [0.05, 0.1) is 4.90 Å². The van der Waals surface area contributed by atoms with E-state index in [9.17, 15) is 8.42 Å². The smallest absolute Gasteiger partial charge is 0.243 e. The van der Waals surface area contributed by atoms with E-state index >= 15 is 0 Å². The molecule has 1 aliphatic heterocycles. The number of hydrogen-bond acceptors (Lipinski definition) is 3. The maximum atomic E-state index is 12.9. The molecule has 0 amide bonds. The molecule has 3 aromatic carbocycles. The van der Waals surface area contributed by atoms with Gasteiger partial charge in [0.15, 0.2) is 0 Å². The SMILES string of the molecule is O=S(=O)(c1ccc2cc3ccccc3cc2c1)N1CCCNCC1. The molecule has 0 radical (unpaired) electrons. The number of hydrogen-bond donors (Lipinski definition) is 1. The molecule has 0 bridgehead atoms. The van der Waals surface area contributed by atoms with Gasteiger partial charge in [-0.05, 0) is 58.8 Å². The van der Waals surface area contributed by atoms with Gasteiger partial charge in [-0.2, -0.15) is 4.31 Å². The third-order valence-electron chi connectivity index (χ3n) is 4.61. The quantitative estimate of drug-likeness (QED) is 0.730. The van der Waals surface area contributed by atoms with Gasteiger partial charge >= 0.3 is 0 Å². The Morgan fingerprint density at radius 3 is 2.29 bits per heavy atom. The minimum absolute atomic E-state index is 0.382. The second-order valence-electron chi connectivity index (χ2n) is 6.22. The lowest BCUT2D eigenvalue weighted by Gasteiger charge is -2.20. The highest BCUT2D eigenvalue weighted by atomic mass is 32.2. The Bertz CT molecular complexity index is 991. The van der Waals surface area contributed by atoms with Gasteiger partial charge in [-0.25, -0.2) is 8.42 Å². The van der Waals surface area contributed by atoms with Crippen molar-refractivity contribution in [1.82, 2.24) is 9.62 Å². The summed E-state index contributed by atoms with van der Waals surface area (Å²) in [5.41, 5.74) is 0. The van der Waals surface area contributed by atoms with E-state index in [0.717, 1.165) is 29.1 Å². The summed E-state index contributed by atoms with van der Waals surface area (Å²) < 4.78 is 27.5. The Labute approximate surface area is 142 Å². The number of nitrogens with one attached hydrogen (secondary N) is 1. The summed E-state index contributed by atoms with van der Waals surface area (Å²) in [5.74, 6) is 0. The Hall–Kier alpha value is -1.95. The van der Waals surface area contributed by atoms with Gasteiger partial charge in [-0.3, -0.25) is 0 Å². The van der Waals surface area contributed by atoms with Crippen molar-refractivity contribution in [2.75, 3.05) is 26.2 Å². The predicted octanol–water partition coefficient (Wildman–Crippen LogP) is 2.98.